The number of imidazole rings is 1. The summed E-state index contributed by atoms with van der Waals surface area (Å²) in [7, 11) is 0. The fourth-order valence-corrected chi connectivity index (χ4v) is 4.34. The average molecular weight is 548 g/mol. The van der Waals surface area contributed by atoms with Crippen LogP contribution in [0.1, 0.15) is 99.3 Å². The summed E-state index contributed by atoms with van der Waals surface area (Å²) >= 11 is 0. The Morgan fingerprint density at radius 3 is 2.17 bits per heavy atom. The number of unbranched alkanes of at least 4 members (excludes halogenated alkanes) is 6. The number of nitrogens with zero attached hydrogens (tertiary/aromatic N) is 3. The van der Waals surface area contributed by atoms with E-state index in [0.29, 0.717) is 17.9 Å². The van der Waals surface area contributed by atoms with Crippen LogP contribution < -0.4 is 4.74 Å². The van der Waals surface area contributed by atoms with Gasteiger partial charge in [0.2, 0.25) is 0 Å². The average Bonchev–Trinajstić information content (AvgIpc) is 3.36. The number of benzene rings is 2. The second-order valence-electron chi connectivity index (χ2n) is 10.3. The summed E-state index contributed by atoms with van der Waals surface area (Å²) in [5.41, 5.74) is 3.08. The number of hydrogen-bond acceptors (Lipinski definition) is 3. The summed E-state index contributed by atoms with van der Waals surface area (Å²) in [5.74, 6) is 2.11. The normalized spacial score (nSPS) is 10.6. The minimum atomic E-state index is -0.306. The lowest BCUT2D eigenvalue weighted by molar-refractivity contribution is 0.309. The molecule has 5 heteroatoms. The number of rotatable bonds is 13. The van der Waals surface area contributed by atoms with E-state index in [1.807, 2.05) is 60.9 Å². The van der Waals surface area contributed by atoms with Crippen molar-refractivity contribution in [2.45, 2.75) is 99.3 Å². The second-order valence-corrected chi connectivity index (χ2v) is 10.3. The van der Waals surface area contributed by atoms with Crippen molar-refractivity contribution >= 4 is 11.0 Å². The van der Waals surface area contributed by atoms with Crippen LogP contribution in [0.2, 0.25) is 0 Å². The molecule has 4 aromatic rings. The van der Waals surface area contributed by atoms with Gasteiger partial charge in [-0.3, -0.25) is 9.55 Å². The lowest BCUT2D eigenvalue weighted by Gasteiger charge is -2.11. The number of halogens is 1. The van der Waals surface area contributed by atoms with Gasteiger partial charge in [-0.15, -0.1) is 0 Å². The number of fused-ring (bicyclic) bond motifs is 1. The zero-order chi connectivity index (χ0) is 29.2. The molecule has 4 rings (SSSR count). The fraction of sp³-hybridized carbons (Fsp3) is 0.486. The first-order valence-electron chi connectivity index (χ1n) is 15.4. The van der Waals surface area contributed by atoms with Gasteiger partial charge in [0, 0.05) is 18.0 Å². The van der Waals surface area contributed by atoms with Crippen LogP contribution in [0.4, 0.5) is 4.39 Å². The molecular weight excluding hydrogens is 497 g/mol. The van der Waals surface area contributed by atoms with Crippen LogP contribution in [-0.2, 0) is 0 Å². The van der Waals surface area contributed by atoms with Gasteiger partial charge >= 0.3 is 0 Å². The molecular formula is C35H50FN3O. The molecule has 4 nitrogen and oxygen atoms in total. The first kappa shape index (κ1) is 33.0. The number of pyridine rings is 1. The van der Waals surface area contributed by atoms with Gasteiger partial charge in [-0.2, -0.15) is 0 Å². The van der Waals surface area contributed by atoms with E-state index >= 15 is 0 Å². The molecule has 218 valence electrons. The largest absolute Gasteiger partial charge is 0.494 e. The predicted octanol–water partition coefficient (Wildman–Crippen LogP) is 10.8. The molecule has 0 aliphatic heterocycles. The Labute approximate surface area is 242 Å². The highest BCUT2D eigenvalue weighted by molar-refractivity contribution is 5.82. The molecule has 0 atom stereocenters. The topological polar surface area (TPSA) is 39.9 Å². The molecule has 0 fully saturated rings. The molecule has 2 heterocycles. The summed E-state index contributed by atoms with van der Waals surface area (Å²) in [6.07, 6.45) is 13.9. The smallest absolute Gasteiger partial charge is 0.164 e. The quantitative estimate of drug-likeness (QED) is 0.156. The Kier molecular flexibility index (Phi) is 15.6. The van der Waals surface area contributed by atoms with Gasteiger partial charge in [0.25, 0.3) is 0 Å². The third-order valence-electron chi connectivity index (χ3n) is 6.51. The molecule has 0 aliphatic rings. The van der Waals surface area contributed by atoms with E-state index < -0.39 is 0 Å². The summed E-state index contributed by atoms with van der Waals surface area (Å²) in [5, 5.41) is 0. The molecule has 0 saturated heterocycles. The number of aromatic nitrogens is 3. The maximum absolute atomic E-state index is 13.7. The Balaban J connectivity index is 0.000000366. The van der Waals surface area contributed by atoms with Crippen LogP contribution in [0, 0.1) is 11.7 Å². The third-order valence-corrected chi connectivity index (χ3v) is 6.51. The maximum Gasteiger partial charge on any atom is 0.164 e. The minimum absolute atomic E-state index is 0.306. The highest BCUT2D eigenvalue weighted by Gasteiger charge is 2.15. The summed E-state index contributed by atoms with van der Waals surface area (Å²) in [6.45, 7) is 13.7. The van der Waals surface area contributed by atoms with Crippen LogP contribution in [0.25, 0.3) is 28.2 Å². The van der Waals surface area contributed by atoms with Gasteiger partial charge in [-0.25, -0.2) is 9.37 Å². The van der Waals surface area contributed by atoms with E-state index in [4.69, 9.17) is 4.74 Å². The van der Waals surface area contributed by atoms with Crippen LogP contribution in [0.5, 0.6) is 5.75 Å². The van der Waals surface area contributed by atoms with Gasteiger partial charge in [-0.05, 0) is 60.9 Å². The molecule has 0 bridgehead atoms. The highest BCUT2D eigenvalue weighted by atomic mass is 19.1. The van der Waals surface area contributed by atoms with Crippen molar-refractivity contribution in [3.63, 3.8) is 0 Å². The molecule has 2 aromatic carbocycles. The lowest BCUT2D eigenvalue weighted by atomic mass is 10.0. The van der Waals surface area contributed by atoms with E-state index in [1.165, 1.54) is 57.1 Å². The van der Waals surface area contributed by atoms with Crippen molar-refractivity contribution in [3.8, 4) is 23.0 Å². The van der Waals surface area contributed by atoms with E-state index in [-0.39, 0.29) is 5.82 Å². The van der Waals surface area contributed by atoms with Crippen molar-refractivity contribution in [3.05, 3.63) is 72.7 Å². The molecule has 0 aliphatic carbocycles. The van der Waals surface area contributed by atoms with E-state index in [9.17, 15) is 4.39 Å². The van der Waals surface area contributed by atoms with Crippen LogP contribution in [-0.4, -0.2) is 21.1 Å². The van der Waals surface area contributed by atoms with Crippen LogP contribution >= 0.6 is 0 Å². The molecule has 0 saturated carbocycles. The third kappa shape index (κ3) is 10.7. The summed E-state index contributed by atoms with van der Waals surface area (Å²) in [4.78, 5) is 9.05. The van der Waals surface area contributed by atoms with Crippen LogP contribution in [0.15, 0.2) is 66.9 Å². The summed E-state index contributed by atoms with van der Waals surface area (Å²) < 4.78 is 21.4. The first-order chi connectivity index (χ1) is 19.5. The molecule has 0 N–H and O–H groups in total. The van der Waals surface area contributed by atoms with Gasteiger partial charge in [0.15, 0.2) is 5.82 Å². The van der Waals surface area contributed by atoms with Gasteiger partial charge in [0.1, 0.15) is 17.3 Å². The van der Waals surface area contributed by atoms with E-state index in [0.717, 1.165) is 41.4 Å². The maximum atomic E-state index is 13.7. The van der Waals surface area contributed by atoms with E-state index in [1.54, 1.807) is 12.3 Å². The van der Waals surface area contributed by atoms with Crippen LogP contribution in [0.3, 0.4) is 0 Å². The van der Waals surface area contributed by atoms with Crippen molar-refractivity contribution < 1.29 is 9.13 Å². The fourth-order valence-electron chi connectivity index (χ4n) is 4.34. The number of hydrogen-bond donors (Lipinski definition) is 0. The Bertz CT molecular complexity index is 1200. The molecule has 40 heavy (non-hydrogen) atoms. The van der Waals surface area contributed by atoms with Gasteiger partial charge in [-0.1, -0.05) is 99.0 Å². The Hall–Kier alpha value is -3.21. The Morgan fingerprint density at radius 1 is 0.825 bits per heavy atom. The van der Waals surface area contributed by atoms with Gasteiger partial charge in [0.05, 0.1) is 17.6 Å². The molecule has 0 unspecified atom stereocenters. The minimum Gasteiger partial charge on any atom is -0.494 e. The zero-order valence-electron chi connectivity index (χ0n) is 25.6. The van der Waals surface area contributed by atoms with E-state index in [2.05, 4.69) is 37.7 Å². The van der Waals surface area contributed by atoms with Gasteiger partial charge < -0.3 is 4.74 Å². The standard InChI is InChI=1S/C22H20FN3O.C11H24.C2H6/c1-2-3-14-27-18-10-8-17(9-11-18)26-21-12-7-16(23)15-20(21)25-22(26)19-6-4-5-13-24-19;1-4-5-6-7-8-9-10-11(2)3;1-2/h4-13,15H,2-3,14H2,1H3;11H,4-10H2,1-3H3;1-2H3. The van der Waals surface area contributed by atoms with Crippen molar-refractivity contribution in [2.75, 3.05) is 6.61 Å². The lowest BCUT2D eigenvalue weighted by Crippen LogP contribution is -2.00. The Morgan fingerprint density at radius 2 is 1.52 bits per heavy atom. The highest BCUT2D eigenvalue weighted by Crippen LogP contribution is 2.29. The monoisotopic (exact) mass is 547 g/mol. The van der Waals surface area contributed by atoms with Crippen molar-refractivity contribution in [1.29, 1.82) is 0 Å². The molecule has 0 radical (unpaired) electrons. The molecule has 0 spiro atoms. The van der Waals surface area contributed by atoms with Crippen molar-refractivity contribution in [1.82, 2.24) is 14.5 Å². The number of ether oxygens (including phenoxy) is 1. The molecule has 0 amide bonds. The predicted molar refractivity (Wildman–Crippen MR) is 169 cm³/mol. The van der Waals surface area contributed by atoms with Crippen molar-refractivity contribution in [2.24, 2.45) is 5.92 Å². The second kappa shape index (κ2) is 19.0. The summed E-state index contributed by atoms with van der Waals surface area (Å²) in [6, 6.07) is 18.2. The zero-order valence-corrected chi connectivity index (χ0v) is 25.6. The molecule has 2 aromatic heterocycles. The SMILES string of the molecule is CC.CCCCCCCCC(C)C.CCCCOc1ccc(-n2c(-c3ccccn3)nc3cc(F)ccc32)cc1. The first-order valence-corrected chi connectivity index (χ1v) is 15.4.